The maximum atomic E-state index is 13.0. The van der Waals surface area contributed by atoms with Crippen LogP contribution in [0.3, 0.4) is 0 Å². The minimum absolute atomic E-state index is 0.0386. The molecule has 2 unspecified atom stereocenters. The van der Waals surface area contributed by atoms with Gasteiger partial charge in [-0.3, -0.25) is 14.4 Å². The Morgan fingerprint density at radius 1 is 1.08 bits per heavy atom. The first-order chi connectivity index (χ1) is 17.2. The van der Waals surface area contributed by atoms with Crippen molar-refractivity contribution in [2.75, 3.05) is 19.8 Å². The number of ether oxygens (including phenoxy) is 3. The first-order valence-corrected chi connectivity index (χ1v) is 11.8. The second-order valence-corrected chi connectivity index (χ2v) is 9.82. The van der Waals surface area contributed by atoms with E-state index in [0.717, 1.165) is 11.1 Å². The molecular weight excluding hydrogens is 497 g/mol. The summed E-state index contributed by atoms with van der Waals surface area (Å²) in [5.74, 6) is -0.217. The van der Waals surface area contributed by atoms with Crippen molar-refractivity contribution in [2.45, 2.75) is 71.5 Å². The zero-order chi connectivity index (χ0) is 27.4. The highest BCUT2D eigenvalue weighted by Crippen LogP contribution is 2.33. The van der Waals surface area contributed by atoms with Crippen LogP contribution < -0.4 is 10.1 Å². The van der Waals surface area contributed by atoms with E-state index >= 15 is 0 Å². The van der Waals surface area contributed by atoms with Gasteiger partial charge in [-0.25, -0.2) is 4.79 Å². The molecule has 1 saturated heterocycles. The van der Waals surface area contributed by atoms with E-state index in [0.29, 0.717) is 18.4 Å². The van der Waals surface area contributed by atoms with Crippen LogP contribution in [0, 0.1) is 13.8 Å². The lowest BCUT2D eigenvalue weighted by molar-refractivity contribution is -0.325. The lowest BCUT2D eigenvalue weighted by atomic mass is 9.97. The Morgan fingerprint density at radius 3 is 2.38 bits per heavy atom. The number of likely N-dealkylation sites (tertiary alicyclic amines) is 1. The number of aryl methyl sites for hydroxylation is 2. The third kappa shape index (κ3) is 8.62. The summed E-state index contributed by atoms with van der Waals surface area (Å²) in [4.78, 5) is 27.3. The van der Waals surface area contributed by atoms with Crippen molar-refractivity contribution in [1.29, 1.82) is 0 Å². The number of halogens is 3. The molecule has 0 saturated carbocycles. The molecule has 1 fully saturated rings. The van der Waals surface area contributed by atoms with Gasteiger partial charge in [0.25, 0.3) is 5.91 Å². The van der Waals surface area contributed by atoms with Gasteiger partial charge in [0.2, 0.25) is 5.89 Å². The van der Waals surface area contributed by atoms with Gasteiger partial charge in [0.1, 0.15) is 18.2 Å². The van der Waals surface area contributed by atoms with Gasteiger partial charge in [-0.2, -0.15) is 0 Å². The summed E-state index contributed by atoms with van der Waals surface area (Å²) in [7, 11) is 0. The minimum atomic E-state index is -4.77. The molecule has 3 rings (SSSR count). The highest BCUT2D eigenvalue weighted by atomic mass is 19.4. The SMILES string of the molecule is Cc1cc(C)cc(C(=O)NC2CCC(c3nnc(OCCOC(F)(F)F)o3)N(C(=O)OC(C)(C)C)C2)c1. The third-order valence-corrected chi connectivity index (χ3v) is 5.31. The molecule has 2 atom stereocenters. The maximum Gasteiger partial charge on any atom is 0.522 e. The zero-order valence-electron chi connectivity index (χ0n) is 21.3. The van der Waals surface area contributed by atoms with Crippen LogP contribution in [-0.2, 0) is 9.47 Å². The fourth-order valence-electron chi connectivity index (χ4n) is 3.94. The molecule has 13 heteroatoms. The van der Waals surface area contributed by atoms with Crippen molar-refractivity contribution in [3.8, 4) is 6.08 Å². The quantitative estimate of drug-likeness (QED) is 0.524. The van der Waals surface area contributed by atoms with Crippen molar-refractivity contribution in [3.05, 3.63) is 40.8 Å². The molecule has 2 aromatic rings. The molecule has 0 bridgehead atoms. The Morgan fingerprint density at radius 2 is 1.76 bits per heavy atom. The minimum Gasteiger partial charge on any atom is -0.447 e. The molecule has 1 aromatic heterocycles. The molecule has 0 spiro atoms. The van der Waals surface area contributed by atoms with Crippen molar-refractivity contribution in [3.63, 3.8) is 0 Å². The van der Waals surface area contributed by atoms with Crippen LogP contribution in [0.2, 0.25) is 0 Å². The number of piperidine rings is 1. The third-order valence-electron chi connectivity index (χ3n) is 5.31. The standard InChI is InChI=1S/C24H31F3N4O6/c1-14-10-15(2)12-16(11-14)19(32)28-17-6-7-18(31(13-17)22(33)37-23(3,4)5)20-29-30-21(36-20)34-8-9-35-24(25,26)27/h10-12,17-18H,6-9,13H2,1-5H3,(H,28,32). The molecule has 1 aromatic carbocycles. The molecule has 2 heterocycles. The maximum absolute atomic E-state index is 13.0. The van der Waals surface area contributed by atoms with E-state index in [-0.39, 0.29) is 30.5 Å². The first kappa shape index (κ1) is 28.2. The smallest absolute Gasteiger partial charge is 0.447 e. The van der Waals surface area contributed by atoms with Gasteiger partial charge in [0.05, 0.1) is 6.61 Å². The predicted molar refractivity (Wildman–Crippen MR) is 124 cm³/mol. The Bertz CT molecular complexity index is 1080. The van der Waals surface area contributed by atoms with E-state index in [9.17, 15) is 22.8 Å². The van der Waals surface area contributed by atoms with Crippen molar-refractivity contribution >= 4 is 12.0 Å². The fraction of sp³-hybridized carbons (Fsp3) is 0.583. The van der Waals surface area contributed by atoms with Gasteiger partial charge in [-0.15, -0.1) is 18.3 Å². The molecule has 0 radical (unpaired) electrons. The number of alkyl halides is 3. The van der Waals surface area contributed by atoms with Gasteiger partial charge in [0, 0.05) is 18.2 Å². The lowest BCUT2D eigenvalue weighted by Crippen LogP contribution is -2.52. The van der Waals surface area contributed by atoms with Crippen LogP contribution in [-0.4, -0.2) is 64.9 Å². The van der Waals surface area contributed by atoms with Gasteiger partial charge in [-0.05, 0) is 59.6 Å². The first-order valence-electron chi connectivity index (χ1n) is 11.8. The second kappa shape index (κ2) is 11.4. The Hall–Kier alpha value is -3.35. The fourth-order valence-corrected chi connectivity index (χ4v) is 3.94. The number of benzene rings is 1. The summed E-state index contributed by atoms with van der Waals surface area (Å²) < 4.78 is 56.0. The van der Waals surface area contributed by atoms with E-state index in [1.54, 1.807) is 32.9 Å². The summed E-state index contributed by atoms with van der Waals surface area (Å²) in [6.07, 6.45) is -4.91. The number of carbonyl (C=O) groups is 2. The summed E-state index contributed by atoms with van der Waals surface area (Å²) >= 11 is 0. The number of carbonyl (C=O) groups excluding carboxylic acids is 2. The lowest BCUT2D eigenvalue weighted by Gasteiger charge is -2.38. The molecule has 204 valence electrons. The Labute approximate surface area is 212 Å². The van der Waals surface area contributed by atoms with Crippen molar-refractivity contribution < 1.29 is 41.4 Å². The van der Waals surface area contributed by atoms with Crippen LogP contribution >= 0.6 is 0 Å². The summed E-state index contributed by atoms with van der Waals surface area (Å²) in [6, 6.07) is 4.51. The van der Waals surface area contributed by atoms with Gasteiger partial charge < -0.3 is 19.2 Å². The van der Waals surface area contributed by atoms with Crippen LogP contribution in [0.4, 0.5) is 18.0 Å². The van der Waals surface area contributed by atoms with Gasteiger partial charge in [-0.1, -0.05) is 22.3 Å². The number of hydrogen-bond acceptors (Lipinski definition) is 8. The molecule has 1 aliphatic heterocycles. The van der Waals surface area contributed by atoms with Crippen LogP contribution in [0.25, 0.3) is 0 Å². The Balaban J connectivity index is 1.70. The number of rotatable bonds is 7. The Kier molecular flexibility index (Phi) is 8.67. The van der Waals surface area contributed by atoms with Gasteiger partial charge in [0.15, 0.2) is 0 Å². The molecule has 10 nitrogen and oxygen atoms in total. The van der Waals surface area contributed by atoms with Crippen LogP contribution in [0.1, 0.15) is 67.0 Å². The number of hydrogen-bond donors (Lipinski definition) is 1. The predicted octanol–water partition coefficient (Wildman–Crippen LogP) is 4.47. The van der Waals surface area contributed by atoms with E-state index in [1.807, 2.05) is 19.9 Å². The van der Waals surface area contributed by atoms with E-state index in [4.69, 9.17) is 13.9 Å². The molecule has 37 heavy (non-hydrogen) atoms. The highest BCUT2D eigenvalue weighted by molar-refractivity contribution is 5.94. The van der Waals surface area contributed by atoms with Crippen molar-refractivity contribution in [2.24, 2.45) is 0 Å². The van der Waals surface area contributed by atoms with Gasteiger partial charge >= 0.3 is 18.5 Å². The number of nitrogens with one attached hydrogen (secondary N) is 1. The topological polar surface area (TPSA) is 116 Å². The summed E-state index contributed by atoms with van der Waals surface area (Å²) in [5.41, 5.74) is 1.67. The second-order valence-electron chi connectivity index (χ2n) is 9.82. The monoisotopic (exact) mass is 528 g/mol. The zero-order valence-corrected chi connectivity index (χ0v) is 21.3. The molecule has 2 amide bonds. The largest absolute Gasteiger partial charge is 0.522 e. The average Bonchev–Trinajstić information content (AvgIpc) is 3.23. The van der Waals surface area contributed by atoms with Crippen LogP contribution in [0.5, 0.6) is 6.08 Å². The van der Waals surface area contributed by atoms with E-state index in [2.05, 4.69) is 20.3 Å². The molecule has 0 aliphatic carbocycles. The molecule has 1 aliphatic rings. The highest BCUT2D eigenvalue weighted by Gasteiger charge is 2.39. The number of aromatic nitrogens is 2. The normalized spacial score (nSPS) is 18.4. The van der Waals surface area contributed by atoms with E-state index < -0.39 is 37.3 Å². The van der Waals surface area contributed by atoms with E-state index in [1.165, 1.54) is 4.90 Å². The number of nitrogens with zero attached hydrogens (tertiary/aromatic N) is 3. The molecule has 1 N–H and O–H groups in total. The van der Waals surface area contributed by atoms with Crippen molar-refractivity contribution in [1.82, 2.24) is 20.4 Å². The average molecular weight is 529 g/mol. The summed E-state index contributed by atoms with van der Waals surface area (Å²) in [6.45, 7) is 7.90. The molecular formula is C24H31F3N4O6. The van der Waals surface area contributed by atoms with Crippen LogP contribution in [0.15, 0.2) is 22.6 Å². The summed E-state index contributed by atoms with van der Waals surface area (Å²) in [5, 5.41) is 10.6. The number of amides is 2.